The van der Waals surface area contributed by atoms with Crippen molar-refractivity contribution in [3.05, 3.63) is 47.0 Å². The van der Waals surface area contributed by atoms with Crippen LogP contribution in [0.1, 0.15) is 41.4 Å². The number of likely N-dealkylation sites (N-methyl/N-ethyl adjacent to an activating group) is 1. The molecule has 2 aromatic rings. The van der Waals surface area contributed by atoms with Crippen molar-refractivity contribution >= 4 is 5.91 Å². The number of methoxy groups -OCH3 is 4. The number of ether oxygens (including phenoxy) is 4. The van der Waals surface area contributed by atoms with Crippen molar-refractivity contribution in [3.8, 4) is 23.0 Å². The molecular weight excluding hydrogens is 410 g/mol. The van der Waals surface area contributed by atoms with Gasteiger partial charge in [-0.15, -0.1) is 5.12 Å². The van der Waals surface area contributed by atoms with Gasteiger partial charge in [0, 0.05) is 25.7 Å². The number of nitrogens with zero attached hydrogens (tertiary/aromatic N) is 3. The van der Waals surface area contributed by atoms with Crippen molar-refractivity contribution in [3.63, 3.8) is 0 Å². The molecule has 174 valence electrons. The minimum Gasteiger partial charge on any atom is -0.493 e. The quantitative estimate of drug-likeness (QED) is 0.587. The highest BCUT2D eigenvalue weighted by Gasteiger charge is 2.38. The van der Waals surface area contributed by atoms with Crippen LogP contribution in [0.5, 0.6) is 23.0 Å². The van der Waals surface area contributed by atoms with Crippen LogP contribution >= 0.6 is 0 Å². The highest BCUT2D eigenvalue weighted by atomic mass is 16.5. The van der Waals surface area contributed by atoms with Gasteiger partial charge >= 0.3 is 0 Å². The number of carbonyl (C=O) groups is 1. The van der Waals surface area contributed by atoms with Gasteiger partial charge in [0.15, 0.2) is 23.0 Å². The zero-order valence-electron chi connectivity index (χ0n) is 20.0. The Morgan fingerprint density at radius 2 is 1.50 bits per heavy atom. The minimum absolute atomic E-state index is 0.0560. The van der Waals surface area contributed by atoms with Crippen LogP contribution in [0.3, 0.4) is 0 Å². The predicted molar refractivity (Wildman–Crippen MR) is 122 cm³/mol. The first-order valence-corrected chi connectivity index (χ1v) is 10.7. The fourth-order valence-corrected chi connectivity index (χ4v) is 4.19. The number of fused-ring (bicyclic) bond motifs is 1. The lowest BCUT2D eigenvalue weighted by molar-refractivity contribution is -0.177. The normalized spacial score (nSPS) is 16.2. The average molecular weight is 444 g/mol. The highest BCUT2D eigenvalue weighted by molar-refractivity contribution is 5.97. The second kappa shape index (κ2) is 10.1. The molecule has 1 heterocycles. The Labute approximate surface area is 190 Å². The van der Waals surface area contributed by atoms with E-state index in [4.69, 9.17) is 18.9 Å². The van der Waals surface area contributed by atoms with Crippen LogP contribution in [-0.2, 0) is 6.42 Å². The maximum atomic E-state index is 13.3. The molecule has 3 rings (SSSR count). The number of hydrazine groups is 2. The molecule has 1 amide bonds. The maximum Gasteiger partial charge on any atom is 0.269 e. The van der Waals surface area contributed by atoms with Gasteiger partial charge < -0.3 is 18.9 Å². The molecule has 0 saturated carbocycles. The topological polar surface area (TPSA) is 63.7 Å². The molecular formula is C24H33N3O5. The Morgan fingerprint density at radius 1 is 0.906 bits per heavy atom. The first-order valence-electron chi connectivity index (χ1n) is 10.7. The zero-order chi connectivity index (χ0) is 23.4. The van der Waals surface area contributed by atoms with E-state index < -0.39 is 0 Å². The van der Waals surface area contributed by atoms with E-state index in [0.29, 0.717) is 41.7 Å². The van der Waals surface area contributed by atoms with Crippen LogP contribution < -0.4 is 18.9 Å². The van der Waals surface area contributed by atoms with Gasteiger partial charge in [-0.25, -0.2) is 5.01 Å². The lowest BCUT2D eigenvalue weighted by atomic mass is 9.97. The number of amides is 1. The van der Waals surface area contributed by atoms with Crippen LogP contribution in [0.25, 0.3) is 0 Å². The Balaban J connectivity index is 1.86. The van der Waals surface area contributed by atoms with Gasteiger partial charge in [-0.3, -0.25) is 9.80 Å². The monoisotopic (exact) mass is 443 g/mol. The van der Waals surface area contributed by atoms with Crippen molar-refractivity contribution in [1.82, 2.24) is 15.1 Å². The zero-order valence-corrected chi connectivity index (χ0v) is 20.0. The standard InChI is InChI=1S/C24H33N3O5/c1-8-26-24(28)19-15-23(32-7)22(31-6)14-18(19)16(2)27(26)25(3)12-11-17-9-10-20(29-4)21(13-17)30-5/h9-10,13-16H,8,11-12H2,1-7H3. The molecule has 0 fully saturated rings. The molecule has 32 heavy (non-hydrogen) atoms. The second-order valence-corrected chi connectivity index (χ2v) is 7.63. The summed E-state index contributed by atoms with van der Waals surface area (Å²) in [6.07, 6.45) is 0.782. The van der Waals surface area contributed by atoms with Crippen LogP contribution in [0.2, 0.25) is 0 Å². The molecule has 0 saturated heterocycles. The molecule has 0 N–H and O–H groups in total. The fraction of sp³-hybridized carbons (Fsp3) is 0.458. The summed E-state index contributed by atoms with van der Waals surface area (Å²) in [4.78, 5) is 13.3. The maximum absolute atomic E-state index is 13.3. The van der Waals surface area contributed by atoms with Crippen LogP contribution in [0.15, 0.2) is 30.3 Å². The molecule has 1 unspecified atom stereocenters. The molecule has 8 heteroatoms. The largest absolute Gasteiger partial charge is 0.493 e. The predicted octanol–water partition coefficient (Wildman–Crippen LogP) is 3.56. The second-order valence-electron chi connectivity index (χ2n) is 7.63. The molecule has 0 spiro atoms. The van der Waals surface area contributed by atoms with Crippen LogP contribution in [0, 0.1) is 0 Å². The third kappa shape index (κ3) is 4.33. The average Bonchev–Trinajstić information content (AvgIpc) is 2.83. The number of benzene rings is 2. The van der Waals surface area contributed by atoms with Gasteiger partial charge in [0.1, 0.15) is 0 Å². The van der Waals surface area contributed by atoms with E-state index in [-0.39, 0.29) is 11.9 Å². The smallest absolute Gasteiger partial charge is 0.269 e. The Morgan fingerprint density at radius 3 is 2.09 bits per heavy atom. The Kier molecular flexibility index (Phi) is 7.48. The summed E-state index contributed by atoms with van der Waals surface area (Å²) in [7, 11) is 8.44. The number of rotatable bonds is 9. The first-order chi connectivity index (χ1) is 15.4. The number of hydrogen-bond donors (Lipinski definition) is 0. The van der Waals surface area contributed by atoms with E-state index in [1.54, 1.807) is 39.5 Å². The van der Waals surface area contributed by atoms with Gasteiger partial charge in [0.05, 0.1) is 34.5 Å². The third-order valence-electron chi connectivity index (χ3n) is 5.89. The van der Waals surface area contributed by atoms with E-state index in [1.165, 1.54) is 0 Å². The third-order valence-corrected chi connectivity index (χ3v) is 5.89. The summed E-state index contributed by atoms with van der Waals surface area (Å²) in [5, 5.41) is 5.88. The van der Waals surface area contributed by atoms with Crippen molar-refractivity contribution in [2.45, 2.75) is 26.3 Å². The molecule has 2 aromatic carbocycles. The van der Waals surface area contributed by atoms with Crippen molar-refractivity contribution in [2.75, 3.05) is 48.6 Å². The van der Waals surface area contributed by atoms with Gasteiger partial charge in [0.2, 0.25) is 0 Å². The summed E-state index contributed by atoms with van der Waals surface area (Å²) >= 11 is 0. The summed E-state index contributed by atoms with van der Waals surface area (Å²) in [6, 6.07) is 9.55. The molecule has 8 nitrogen and oxygen atoms in total. The molecule has 0 radical (unpaired) electrons. The summed E-state index contributed by atoms with van der Waals surface area (Å²) < 4.78 is 21.6. The van der Waals surface area contributed by atoms with Gasteiger partial charge in [-0.2, -0.15) is 0 Å². The van der Waals surface area contributed by atoms with E-state index in [2.05, 4.69) is 11.9 Å². The molecule has 1 atom stereocenters. The van der Waals surface area contributed by atoms with Crippen molar-refractivity contribution in [2.24, 2.45) is 0 Å². The number of hydrogen-bond acceptors (Lipinski definition) is 7. The van der Waals surface area contributed by atoms with E-state index >= 15 is 0 Å². The van der Waals surface area contributed by atoms with Crippen LogP contribution in [0.4, 0.5) is 0 Å². The fourth-order valence-electron chi connectivity index (χ4n) is 4.19. The highest BCUT2D eigenvalue weighted by Crippen LogP contribution is 2.39. The lowest BCUT2D eigenvalue weighted by Crippen LogP contribution is -2.58. The van der Waals surface area contributed by atoms with E-state index in [9.17, 15) is 4.79 Å². The summed E-state index contributed by atoms with van der Waals surface area (Å²) in [5.41, 5.74) is 2.68. The van der Waals surface area contributed by atoms with Gasteiger partial charge in [-0.05, 0) is 55.7 Å². The van der Waals surface area contributed by atoms with Gasteiger partial charge in [0.25, 0.3) is 5.91 Å². The summed E-state index contributed by atoms with van der Waals surface area (Å²) in [5.74, 6) is 2.53. The van der Waals surface area contributed by atoms with E-state index in [1.807, 2.05) is 43.4 Å². The van der Waals surface area contributed by atoms with Crippen molar-refractivity contribution < 1.29 is 23.7 Å². The van der Waals surface area contributed by atoms with E-state index in [0.717, 1.165) is 17.5 Å². The Bertz CT molecular complexity index is 965. The molecule has 1 aliphatic heterocycles. The number of carbonyl (C=O) groups excluding carboxylic acids is 1. The minimum atomic E-state index is -0.0575. The lowest BCUT2D eigenvalue weighted by Gasteiger charge is -2.47. The molecule has 0 aromatic heterocycles. The molecule has 0 bridgehead atoms. The summed E-state index contributed by atoms with van der Waals surface area (Å²) in [6.45, 7) is 5.34. The molecule has 0 aliphatic carbocycles. The first kappa shape index (κ1) is 23.7. The molecule has 1 aliphatic rings. The SMILES string of the molecule is CCN1C(=O)c2cc(OC)c(OC)cc2C(C)N1N(C)CCc1ccc(OC)c(OC)c1. The van der Waals surface area contributed by atoms with Crippen LogP contribution in [-0.4, -0.2) is 69.6 Å². The Hall–Kier alpha value is -2.97. The van der Waals surface area contributed by atoms with Gasteiger partial charge in [-0.1, -0.05) is 6.07 Å². The van der Waals surface area contributed by atoms with Crippen molar-refractivity contribution in [1.29, 1.82) is 0 Å².